The molecule has 0 amide bonds. The highest BCUT2D eigenvalue weighted by Crippen LogP contribution is 2.32. The van der Waals surface area contributed by atoms with Gasteiger partial charge in [0.25, 0.3) is 0 Å². The number of ether oxygens (including phenoxy) is 2. The number of hydrogen-bond donors (Lipinski definition) is 2. The van der Waals surface area contributed by atoms with E-state index in [1.807, 2.05) is 0 Å². The Morgan fingerprint density at radius 2 is 1.86 bits per heavy atom. The van der Waals surface area contributed by atoms with Crippen molar-refractivity contribution in [2.45, 2.75) is 6.36 Å². The highest BCUT2D eigenvalue weighted by molar-refractivity contribution is 7.18. The van der Waals surface area contributed by atoms with Gasteiger partial charge in [-0.3, -0.25) is 4.79 Å². The second-order valence-electron chi connectivity index (χ2n) is 5.61. The Morgan fingerprint density at radius 3 is 2.45 bits per heavy atom. The average molecular weight is 427 g/mol. The van der Waals surface area contributed by atoms with Crippen LogP contribution in [0.2, 0.25) is 0 Å². The number of carbonyl (C=O) groups is 1. The van der Waals surface area contributed by atoms with Gasteiger partial charge in [0, 0.05) is 17.3 Å². The van der Waals surface area contributed by atoms with Crippen LogP contribution in [0.5, 0.6) is 11.5 Å². The standard InChI is InChI=1S/C18H13F4N3O3S/c1-27-11-5-2-9(3-6-11)14(26)15-16(23)25-17(29-15)24-10-4-7-13(12(19)8-10)28-18(20,21)22/h2-8H,23H2,1H3,(H,24,25). The molecule has 29 heavy (non-hydrogen) atoms. The van der Waals surface area contributed by atoms with Crippen LogP contribution in [-0.2, 0) is 0 Å². The van der Waals surface area contributed by atoms with E-state index in [1.54, 1.807) is 24.3 Å². The molecule has 2 aromatic carbocycles. The van der Waals surface area contributed by atoms with Crippen LogP contribution in [0.3, 0.4) is 0 Å². The summed E-state index contributed by atoms with van der Waals surface area (Å²) in [7, 11) is 1.50. The number of nitrogen functional groups attached to an aromatic ring is 1. The lowest BCUT2D eigenvalue weighted by atomic mass is 10.1. The third-order valence-corrected chi connectivity index (χ3v) is 4.61. The first kappa shape index (κ1) is 20.4. The summed E-state index contributed by atoms with van der Waals surface area (Å²) in [6.45, 7) is 0. The summed E-state index contributed by atoms with van der Waals surface area (Å²) in [5, 5.41) is 2.87. The molecule has 0 bridgehead atoms. The summed E-state index contributed by atoms with van der Waals surface area (Å²) < 4.78 is 59.0. The summed E-state index contributed by atoms with van der Waals surface area (Å²) in [5.41, 5.74) is 6.28. The number of carbonyl (C=O) groups excluding carboxylic acids is 1. The highest BCUT2D eigenvalue weighted by Gasteiger charge is 2.32. The van der Waals surface area contributed by atoms with Crippen LogP contribution in [-0.4, -0.2) is 24.2 Å². The van der Waals surface area contributed by atoms with Crippen molar-refractivity contribution in [2.75, 3.05) is 18.2 Å². The molecule has 0 aliphatic rings. The fraction of sp³-hybridized carbons (Fsp3) is 0.111. The number of rotatable bonds is 6. The minimum atomic E-state index is -5.00. The van der Waals surface area contributed by atoms with Gasteiger partial charge in [-0.25, -0.2) is 9.37 Å². The number of methoxy groups -OCH3 is 1. The first-order chi connectivity index (χ1) is 13.7. The van der Waals surface area contributed by atoms with Crippen LogP contribution in [0, 0.1) is 5.82 Å². The lowest BCUT2D eigenvalue weighted by Crippen LogP contribution is -2.17. The molecule has 0 radical (unpaired) electrons. The molecule has 0 atom stereocenters. The maximum Gasteiger partial charge on any atom is 0.573 e. The Bertz CT molecular complexity index is 1040. The maximum atomic E-state index is 13.8. The summed E-state index contributed by atoms with van der Waals surface area (Å²) >= 11 is 0.926. The van der Waals surface area contributed by atoms with Gasteiger partial charge in [0.15, 0.2) is 16.7 Å². The SMILES string of the molecule is COc1ccc(C(=O)c2sc(Nc3ccc(OC(F)(F)F)c(F)c3)nc2N)cc1. The van der Waals surface area contributed by atoms with E-state index in [4.69, 9.17) is 10.5 Å². The number of alkyl halides is 3. The number of aromatic nitrogens is 1. The van der Waals surface area contributed by atoms with Crippen molar-refractivity contribution < 1.29 is 31.8 Å². The number of anilines is 3. The van der Waals surface area contributed by atoms with Gasteiger partial charge in [0.05, 0.1) is 7.11 Å². The van der Waals surface area contributed by atoms with Gasteiger partial charge in [-0.2, -0.15) is 0 Å². The summed E-state index contributed by atoms with van der Waals surface area (Å²) in [6, 6.07) is 9.19. The zero-order chi connectivity index (χ0) is 21.2. The second-order valence-corrected chi connectivity index (χ2v) is 6.61. The van der Waals surface area contributed by atoms with E-state index in [-0.39, 0.29) is 27.3 Å². The molecule has 152 valence electrons. The highest BCUT2D eigenvalue weighted by atomic mass is 32.1. The Balaban J connectivity index is 1.78. The van der Waals surface area contributed by atoms with Gasteiger partial charge < -0.3 is 20.5 Å². The van der Waals surface area contributed by atoms with Crippen molar-refractivity contribution in [3.05, 3.63) is 58.7 Å². The van der Waals surface area contributed by atoms with Gasteiger partial charge in [-0.1, -0.05) is 11.3 Å². The van der Waals surface area contributed by atoms with Crippen molar-refractivity contribution in [2.24, 2.45) is 0 Å². The van der Waals surface area contributed by atoms with Crippen molar-refractivity contribution in [1.29, 1.82) is 0 Å². The predicted octanol–water partition coefficient (Wildman–Crippen LogP) is 4.75. The zero-order valence-electron chi connectivity index (χ0n) is 14.7. The number of benzene rings is 2. The first-order valence-corrected chi connectivity index (χ1v) is 8.75. The fourth-order valence-corrected chi connectivity index (χ4v) is 3.20. The third kappa shape index (κ3) is 4.93. The molecule has 0 aliphatic heterocycles. The Labute approximate surface area is 165 Å². The maximum absolute atomic E-state index is 13.8. The van der Waals surface area contributed by atoms with E-state index in [9.17, 15) is 22.4 Å². The van der Waals surface area contributed by atoms with Crippen LogP contribution in [0.1, 0.15) is 15.2 Å². The molecule has 1 heterocycles. The molecule has 3 N–H and O–H groups in total. The number of hydrogen-bond acceptors (Lipinski definition) is 7. The second kappa shape index (κ2) is 7.95. The van der Waals surface area contributed by atoms with Crippen molar-refractivity contribution in [3.63, 3.8) is 0 Å². The molecule has 0 aliphatic carbocycles. The third-order valence-electron chi connectivity index (χ3n) is 3.62. The van der Waals surface area contributed by atoms with Crippen LogP contribution in [0.15, 0.2) is 42.5 Å². The van der Waals surface area contributed by atoms with Crippen LogP contribution in [0.4, 0.5) is 34.2 Å². The van der Waals surface area contributed by atoms with Crippen molar-refractivity contribution in [3.8, 4) is 11.5 Å². The minimum Gasteiger partial charge on any atom is -0.497 e. The van der Waals surface area contributed by atoms with Gasteiger partial charge >= 0.3 is 6.36 Å². The summed E-state index contributed by atoms with van der Waals surface area (Å²) in [4.78, 5) is 16.8. The molecular formula is C18H13F4N3O3S. The van der Waals surface area contributed by atoms with Crippen LogP contribution >= 0.6 is 11.3 Å². The van der Waals surface area contributed by atoms with Gasteiger partial charge in [-0.05, 0) is 36.4 Å². The minimum absolute atomic E-state index is 0.0317. The van der Waals surface area contributed by atoms with E-state index >= 15 is 0 Å². The van der Waals surface area contributed by atoms with Crippen molar-refractivity contribution in [1.82, 2.24) is 4.98 Å². The molecule has 11 heteroatoms. The van der Waals surface area contributed by atoms with E-state index in [0.717, 1.165) is 23.5 Å². The quantitative estimate of drug-likeness (QED) is 0.436. The number of nitrogens with two attached hydrogens (primary N) is 1. The number of nitrogens with one attached hydrogen (secondary N) is 1. The first-order valence-electron chi connectivity index (χ1n) is 7.93. The molecule has 6 nitrogen and oxygen atoms in total. The Morgan fingerprint density at radius 1 is 1.17 bits per heavy atom. The van der Waals surface area contributed by atoms with Crippen LogP contribution < -0.4 is 20.5 Å². The van der Waals surface area contributed by atoms with E-state index in [2.05, 4.69) is 15.0 Å². The summed E-state index contributed by atoms with van der Waals surface area (Å²) in [6.07, 6.45) is -5.00. The van der Waals surface area contributed by atoms with E-state index in [0.29, 0.717) is 11.3 Å². The molecular weight excluding hydrogens is 414 g/mol. The predicted molar refractivity (Wildman–Crippen MR) is 99.3 cm³/mol. The largest absolute Gasteiger partial charge is 0.573 e. The topological polar surface area (TPSA) is 86.5 Å². The zero-order valence-corrected chi connectivity index (χ0v) is 15.5. The fourth-order valence-electron chi connectivity index (χ4n) is 2.33. The number of nitrogens with zero attached hydrogens (tertiary/aromatic N) is 1. The molecule has 0 fully saturated rings. The monoisotopic (exact) mass is 427 g/mol. The molecule has 3 aromatic rings. The normalized spacial score (nSPS) is 11.2. The lowest BCUT2D eigenvalue weighted by Gasteiger charge is -2.10. The average Bonchev–Trinajstić information content (AvgIpc) is 3.02. The van der Waals surface area contributed by atoms with Crippen molar-refractivity contribution >= 4 is 33.8 Å². The van der Waals surface area contributed by atoms with E-state index < -0.39 is 17.9 Å². The Kier molecular flexibility index (Phi) is 5.59. The smallest absolute Gasteiger partial charge is 0.497 e. The molecule has 0 unspecified atom stereocenters. The van der Waals surface area contributed by atoms with Crippen LogP contribution in [0.25, 0.3) is 0 Å². The molecule has 0 saturated carbocycles. The molecule has 3 rings (SSSR count). The van der Waals surface area contributed by atoms with Gasteiger partial charge in [0.1, 0.15) is 16.4 Å². The number of thiazole rings is 1. The van der Waals surface area contributed by atoms with E-state index in [1.165, 1.54) is 13.2 Å². The summed E-state index contributed by atoms with van der Waals surface area (Å²) in [5.74, 6) is -1.99. The molecule has 0 spiro atoms. The molecule has 0 saturated heterocycles. The Hall–Kier alpha value is -3.34. The molecule has 1 aromatic heterocycles. The number of ketones is 1. The van der Waals surface area contributed by atoms with Gasteiger partial charge in [0.2, 0.25) is 5.78 Å². The number of halogens is 4. The van der Waals surface area contributed by atoms with Gasteiger partial charge in [-0.15, -0.1) is 13.2 Å². The lowest BCUT2D eigenvalue weighted by molar-refractivity contribution is -0.275.